The van der Waals surface area contributed by atoms with Crippen molar-refractivity contribution < 1.29 is 46.1 Å². The molecule has 0 N–H and O–H groups in total. The maximum atomic E-state index is 9.26. The number of nitrogens with zero attached hydrogens (tertiary/aromatic N) is 2. The van der Waals surface area contributed by atoms with Crippen molar-refractivity contribution in [2.24, 2.45) is 0 Å². The van der Waals surface area contributed by atoms with Crippen molar-refractivity contribution in [2.45, 2.75) is 0 Å². The first-order chi connectivity index (χ1) is 6.25. The summed E-state index contributed by atoms with van der Waals surface area (Å²) < 4.78 is 0. The zero-order chi connectivity index (χ0) is 11.7. The molecule has 0 aromatic rings. The first-order valence-corrected chi connectivity index (χ1v) is 2.89. The van der Waals surface area contributed by atoms with Gasteiger partial charge in [-0.15, -0.1) is 0 Å². The molecule has 0 atom stereocenters. The van der Waals surface area contributed by atoms with E-state index >= 15 is 0 Å². The zero-order valence-corrected chi connectivity index (χ0v) is 7.88. The van der Waals surface area contributed by atoms with E-state index in [4.69, 9.17) is 0 Å². The van der Waals surface area contributed by atoms with Gasteiger partial charge in [0.15, 0.2) is 0 Å². The Kier molecular flexibility index (Phi) is 13.0. The molecule has 0 aromatic carbocycles. The molecule has 0 aliphatic carbocycles. The maximum absolute atomic E-state index is 9.26. The van der Waals surface area contributed by atoms with Gasteiger partial charge in [0.1, 0.15) is 11.9 Å². The van der Waals surface area contributed by atoms with Gasteiger partial charge in [0, 0.05) is 9.85 Å². The Labute approximate surface area is 92.1 Å². The predicted molar refractivity (Wildman–Crippen MR) is 33.7 cm³/mol. The van der Waals surface area contributed by atoms with E-state index in [1.165, 1.54) is 0 Å². The van der Waals surface area contributed by atoms with Crippen LogP contribution >= 0.6 is 0 Å². The van der Waals surface area contributed by atoms with E-state index in [2.05, 4.69) is 0 Å². The number of carboxylic acids is 2. The molecule has 0 saturated carbocycles. The van der Waals surface area contributed by atoms with E-state index < -0.39 is 34.9 Å². The Hall–Kier alpha value is -1.77. The van der Waals surface area contributed by atoms with E-state index in [1.54, 1.807) is 0 Å². The summed E-state index contributed by atoms with van der Waals surface area (Å²) in [7, 11) is 0. The molecule has 0 spiro atoms. The monoisotopic (exact) mass is 266 g/mol. The third-order valence-corrected chi connectivity index (χ3v) is 0.516. The molecule has 0 unspecified atom stereocenters. The summed E-state index contributed by atoms with van der Waals surface area (Å²) in [6, 6.07) is 0. The summed E-state index contributed by atoms with van der Waals surface area (Å²) in [5, 5.41) is 36.9. The van der Waals surface area contributed by atoms with Crippen LogP contribution in [0.15, 0.2) is 0 Å². The molecule has 0 amide bonds. The van der Waals surface area contributed by atoms with E-state index in [9.17, 15) is 40.0 Å². The van der Waals surface area contributed by atoms with Crippen molar-refractivity contribution in [1.82, 2.24) is 0 Å². The summed E-state index contributed by atoms with van der Waals surface area (Å²) in [5.41, 5.74) is 0. The first kappa shape index (κ1) is 18.9. The van der Waals surface area contributed by atoms with Gasteiger partial charge in [-0.05, 0) is 0 Å². The second kappa shape index (κ2) is 10.3. The number of carboxylic acid groups (broad SMARTS) is 2. The first-order valence-electron chi connectivity index (χ1n) is 2.89. The molecule has 15 heavy (non-hydrogen) atoms. The minimum Gasteiger partial charge on any atom is -0.543 e. The summed E-state index contributed by atoms with van der Waals surface area (Å²) in [6.07, 6.45) is 0. The molecule has 88 valence electrons. The Balaban J connectivity index is -0.000000180. The zero-order valence-electron chi connectivity index (χ0n) is 6.89. The Bertz CT molecular complexity index is 203. The van der Waals surface area contributed by atoms with E-state index in [1.807, 2.05) is 0 Å². The number of carbonyl (C=O) groups is 2. The average molecular weight is 267 g/mol. The van der Waals surface area contributed by atoms with E-state index in [-0.39, 0.29) is 16.5 Å². The van der Waals surface area contributed by atoms with Gasteiger partial charge >= 0.3 is 16.5 Å². The second-order valence-electron chi connectivity index (χ2n) is 1.73. The number of hydrogen-bond acceptors (Lipinski definition) is 8. The van der Waals surface area contributed by atoms with Crippen LogP contribution in [0.4, 0.5) is 0 Å². The number of hydrogen-bond donors (Lipinski definition) is 0. The molecule has 0 aliphatic heterocycles. The van der Waals surface area contributed by atoms with Crippen molar-refractivity contribution >= 4 is 11.9 Å². The van der Waals surface area contributed by atoms with E-state index in [0.29, 0.717) is 0 Å². The van der Waals surface area contributed by atoms with E-state index in [0.717, 1.165) is 0 Å². The quantitative estimate of drug-likeness (QED) is 0.282. The van der Waals surface area contributed by atoms with Crippen molar-refractivity contribution in [3.63, 3.8) is 0 Å². The van der Waals surface area contributed by atoms with Gasteiger partial charge < -0.3 is 19.8 Å². The van der Waals surface area contributed by atoms with Crippen LogP contribution in [-0.2, 0) is 26.1 Å². The van der Waals surface area contributed by atoms with Gasteiger partial charge in [0.25, 0.3) is 0 Å². The number of rotatable bonds is 4. The molecule has 11 heteroatoms. The molecule has 0 aromatic heterocycles. The van der Waals surface area contributed by atoms with Crippen molar-refractivity contribution in [1.29, 1.82) is 0 Å². The maximum Gasteiger partial charge on any atom is 2.00 e. The summed E-state index contributed by atoms with van der Waals surface area (Å²) in [6.45, 7) is -2.22. The van der Waals surface area contributed by atoms with Crippen LogP contribution in [-0.4, -0.2) is 34.9 Å². The van der Waals surface area contributed by atoms with Gasteiger partial charge in [0.2, 0.25) is 13.1 Å². The molecular formula is C4H4N2NiO8. The van der Waals surface area contributed by atoms with Crippen molar-refractivity contribution in [3.05, 3.63) is 20.2 Å². The second-order valence-corrected chi connectivity index (χ2v) is 1.73. The normalized spacial score (nSPS) is 7.47. The van der Waals surface area contributed by atoms with Gasteiger partial charge in [-0.2, -0.15) is 0 Å². The van der Waals surface area contributed by atoms with Crippen molar-refractivity contribution in [2.75, 3.05) is 13.1 Å². The van der Waals surface area contributed by atoms with Crippen LogP contribution < -0.4 is 10.2 Å². The molecule has 0 bridgehead atoms. The third kappa shape index (κ3) is 33.0. The average Bonchev–Trinajstić information content (AvgIpc) is 1.79. The van der Waals surface area contributed by atoms with Gasteiger partial charge in [0.05, 0.1) is 0 Å². The summed E-state index contributed by atoms with van der Waals surface area (Å²) >= 11 is 0. The predicted octanol–water partition coefficient (Wildman–Crippen LogP) is -3.98. The standard InChI is InChI=1S/2C2H3NO4.Ni/c2*4-2(5)1-3(6)7;/h2*1H2,(H,4,5);/q;;+2/p-2. The van der Waals surface area contributed by atoms with Crippen LogP contribution in [0.1, 0.15) is 0 Å². The topological polar surface area (TPSA) is 167 Å². The summed E-state index contributed by atoms with van der Waals surface area (Å²) in [5.74, 6) is -3.32. The fourth-order valence-corrected chi connectivity index (χ4v) is 0.211. The van der Waals surface area contributed by atoms with Crippen LogP contribution in [0, 0.1) is 20.2 Å². The minimum atomic E-state index is -1.66. The van der Waals surface area contributed by atoms with Crippen LogP contribution in [0.25, 0.3) is 0 Å². The molecule has 0 fully saturated rings. The molecule has 0 heterocycles. The SMILES string of the molecule is O=C([O-])C[N+](=O)[O-].O=C([O-])C[N+](=O)[O-].[Ni+2]. The van der Waals surface area contributed by atoms with Crippen molar-refractivity contribution in [3.8, 4) is 0 Å². The number of nitro groups is 2. The third-order valence-electron chi connectivity index (χ3n) is 0.516. The molecule has 0 rings (SSSR count). The van der Waals surface area contributed by atoms with Gasteiger partial charge in [-0.25, -0.2) is 0 Å². The van der Waals surface area contributed by atoms with Crippen LogP contribution in [0.2, 0.25) is 0 Å². The molecule has 0 radical (unpaired) electrons. The number of carbonyl (C=O) groups excluding carboxylic acids is 2. The van der Waals surface area contributed by atoms with Crippen LogP contribution in [0.3, 0.4) is 0 Å². The fraction of sp³-hybridized carbons (Fsp3) is 0.500. The van der Waals surface area contributed by atoms with Gasteiger partial charge in [-0.1, -0.05) is 0 Å². The molecular weight excluding hydrogens is 263 g/mol. The van der Waals surface area contributed by atoms with Gasteiger partial charge in [-0.3, -0.25) is 20.2 Å². The Morgan fingerprint density at radius 3 is 1.07 bits per heavy atom. The Morgan fingerprint density at radius 1 is 0.867 bits per heavy atom. The smallest absolute Gasteiger partial charge is 0.543 e. The largest absolute Gasteiger partial charge is 2.00 e. The fourth-order valence-electron chi connectivity index (χ4n) is 0.211. The Morgan fingerprint density at radius 2 is 1.07 bits per heavy atom. The summed E-state index contributed by atoms with van der Waals surface area (Å²) in [4.78, 5) is 35.0. The molecule has 0 saturated heterocycles. The minimum absolute atomic E-state index is 0. The molecule has 10 nitrogen and oxygen atoms in total. The van der Waals surface area contributed by atoms with Crippen LogP contribution in [0.5, 0.6) is 0 Å². The molecule has 0 aliphatic rings. The number of aliphatic carboxylic acids is 2.